The second kappa shape index (κ2) is 8.43. The van der Waals surface area contributed by atoms with Crippen molar-refractivity contribution in [2.75, 3.05) is 19.3 Å². The van der Waals surface area contributed by atoms with Crippen molar-refractivity contribution in [3.05, 3.63) is 35.1 Å². The standard InChI is InChI=1S/C16H27FN4O2S/c1-6-18-15(20-11-16(3,4)21-24(5,22)23)19-10-13-8-7-12(2)14(17)9-13/h7-9,21H,6,10-11H2,1-5H3,(H2,18,19,20). The van der Waals surface area contributed by atoms with Gasteiger partial charge < -0.3 is 10.6 Å². The number of guanidine groups is 1. The summed E-state index contributed by atoms with van der Waals surface area (Å²) in [5, 5.41) is 6.18. The molecular weight excluding hydrogens is 331 g/mol. The number of aryl methyl sites for hydroxylation is 1. The Hall–Kier alpha value is -1.67. The van der Waals surface area contributed by atoms with E-state index in [1.54, 1.807) is 26.8 Å². The molecule has 0 saturated heterocycles. The average Bonchev–Trinajstić information content (AvgIpc) is 2.43. The number of halogens is 1. The van der Waals surface area contributed by atoms with E-state index in [0.717, 1.165) is 11.8 Å². The predicted molar refractivity (Wildman–Crippen MR) is 96.0 cm³/mol. The van der Waals surface area contributed by atoms with E-state index in [4.69, 9.17) is 0 Å². The van der Waals surface area contributed by atoms with Crippen LogP contribution in [0.4, 0.5) is 4.39 Å². The van der Waals surface area contributed by atoms with Gasteiger partial charge in [-0.15, -0.1) is 0 Å². The summed E-state index contributed by atoms with van der Waals surface area (Å²) in [6.45, 7) is 8.54. The molecule has 1 aromatic carbocycles. The first-order valence-corrected chi connectivity index (χ1v) is 9.68. The van der Waals surface area contributed by atoms with E-state index in [1.165, 1.54) is 6.07 Å². The molecular formula is C16H27FN4O2S. The van der Waals surface area contributed by atoms with Gasteiger partial charge in [-0.05, 0) is 44.9 Å². The lowest BCUT2D eigenvalue weighted by Crippen LogP contribution is -2.53. The molecule has 0 spiro atoms. The van der Waals surface area contributed by atoms with Crippen LogP contribution in [0.5, 0.6) is 0 Å². The molecule has 1 rings (SSSR count). The maximum absolute atomic E-state index is 13.6. The number of nitrogens with zero attached hydrogens (tertiary/aromatic N) is 1. The van der Waals surface area contributed by atoms with Gasteiger partial charge in [-0.3, -0.25) is 0 Å². The minimum absolute atomic E-state index is 0.251. The van der Waals surface area contributed by atoms with Gasteiger partial charge in [-0.1, -0.05) is 12.1 Å². The second-order valence-electron chi connectivity index (χ2n) is 6.39. The van der Waals surface area contributed by atoms with Crippen LogP contribution in [0.1, 0.15) is 31.9 Å². The predicted octanol–water partition coefficient (Wildman–Crippen LogP) is 1.52. The molecule has 1 aromatic rings. The lowest BCUT2D eigenvalue weighted by atomic mass is 10.1. The molecule has 0 aliphatic carbocycles. The van der Waals surface area contributed by atoms with Gasteiger partial charge >= 0.3 is 0 Å². The zero-order valence-corrected chi connectivity index (χ0v) is 15.7. The molecule has 0 atom stereocenters. The van der Waals surface area contributed by atoms with Crippen LogP contribution in [0, 0.1) is 12.7 Å². The van der Waals surface area contributed by atoms with E-state index >= 15 is 0 Å². The van der Waals surface area contributed by atoms with Crippen molar-refractivity contribution in [3.8, 4) is 0 Å². The summed E-state index contributed by atoms with van der Waals surface area (Å²) in [5.74, 6) is 0.293. The van der Waals surface area contributed by atoms with E-state index in [0.29, 0.717) is 31.2 Å². The molecule has 0 amide bonds. The number of benzene rings is 1. The average molecular weight is 358 g/mol. The quantitative estimate of drug-likeness (QED) is 0.510. The number of hydrogen-bond donors (Lipinski definition) is 3. The smallest absolute Gasteiger partial charge is 0.209 e. The fraction of sp³-hybridized carbons (Fsp3) is 0.562. The number of hydrogen-bond acceptors (Lipinski definition) is 3. The third-order valence-corrected chi connectivity index (χ3v) is 4.08. The minimum atomic E-state index is -3.30. The molecule has 0 aliphatic heterocycles. The monoisotopic (exact) mass is 358 g/mol. The molecule has 0 heterocycles. The van der Waals surface area contributed by atoms with Crippen molar-refractivity contribution in [1.82, 2.24) is 15.4 Å². The summed E-state index contributed by atoms with van der Waals surface area (Å²) in [6.07, 6.45) is 1.12. The number of rotatable bonds is 7. The number of aliphatic imine (C=N–C) groups is 1. The van der Waals surface area contributed by atoms with E-state index in [1.807, 2.05) is 13.0 Å². The molecule has 6 nitrogen and oxygen atoms in total. The van der Waals surface area contributed by atoms with E-state index in [9.17, 15) is 12.8 Å². The Morgan fingerprint density at radius 2 is 1.96 bits per heavy atom. The molecule has 136 valence electrons. The van der Waals surface area contributed by atoms with Crippen LogP contribution in [0.2, 0.25) is 0 Å². The molecule has 0 fully saturated rings. The van der Waals surface area contributed by atoms with Gasteiger partial charge in [0.15, 0.2) is 5.96 Å². The molecule has 0 unspecified atom stereocenters. The summed E-state index contributed by atoms with van der Waals surface area (Å²) in [6, 6.07) is 5.03. The molecule has 0 bridgehead atoms. The highest BCUT2D eigenvalue weighted by Crippen LogP contribution is 2.10. The Bertz CT molecular complexity index is 687. The van der Waals surface area contributed by atoms with E-state index in [-0.39, 0.29) is 5.82 Å². The van der Waals surface area contributed by atoms with Crippen LogP contribution in [0.25, 0.3) is 0 Å². The number of sulfonamides is 1. The van der Waals surface area contributed by atoms with Crippen molar-refractivity contribution < 1.29 is 12.8 Å². The highest BCUT2D eigenvalue weighted by molar-refractivity contribution is 7.88. The Labute approximate surface area is 144 Å². The number of nitrogens with one attached hydrogen (secondary N) is 3. The van der Waals surface area contributed by atoms with Crippen LogP contribution >= 0.6 is 0 Å². The van der Waals surface area contributed by atoms with Gasteiger partial charge in [0.25, 0.3) is 0 Å². The molecule has 0 radical (unpaired) electrons. The third kappa shape index (κ3) is 7.74. The van der Waals surface area contributed by atoms with Crippen LogP contribution < -0.4 is 15.4 Å². The summed E-state index contributed by atoms with van der Waals surface area (Å²) in [4.78, 5) is 4.40. The zero-order valence-electron chi connectivity index (χ0n) is 14.9. The van der Waals surface area contributed by atoms with Gasteiger partial charge in [-0.2, -0.15) is 0 Å². The highest BCUT2D eigenvalue weighted by Gasteiger charge is 2.22. The summed E-state index contributed by atoms with van der Waals surface area (Å²) in [7, 11) is -3.30. The first-order chi connectivity index (χ1) is 11.0. The SMILES string of the molecule is CCNC(=NCc1ccc(C)c(F)c1)NCC(C)(C)NS(C)(=O)=O. The van der Waals surface area contributed by atoms with Crippen LogP contribution in [0.15, 0.2) is 23.2 Å². The van der Waals surface area contributed by atoms with Crippen molar-refractivity contribution >= 4 is 16.0 Å². The van der Waals surface area contributed by atoms with Crippen molar-refractivity contribution in [2.24, 2.45) is 4.99 Å². The summed E-state index contributed by atoms with van der Waals surface area (Å²) in [5.41, 5.74) is 0.699. The molecule has 24 heavy (non-hydrogen) atoms. The molecule has 0 aliphatic rings. The van der Waals surface area contributed by atoms with Crippen molar-refractivity contribution in [1.29, 1.82) is 0 Å². The second-order valence-corrected chi connectivity index (χ2v) is 8.14. The van der Waals surface area contributed by atoms with Gasteiger partial charge in [0, 0.05) is 18.6 Å². The lowest BCUT2D eigenvalue weighted by molar-refractivity contribution is 0.446. The highest BCUT2D eigenvalue weighted by atomic mass is 32.2. The maximum atomic E-state index is 13.6. The molecule has 8 heteroatoms. The summed E-state index contributed by atoms with van der Waals surface area (Å²) < 4.78 is 38.9. The molecule has 3 N–H and O–H groups in total. The van der Waals surface area contributed by atoms with Crippen molar-refractivity contribution in [3.63, 3.8) is 0 Å². The van der Waals surface area contributed by atoms with E-state index in [2.05, 4.69) is 20.3 Å². The lowest BCUT2D eigenvalue weighted by Gasteiger charge is -2.26. The summed E-state index contributed by atoms with van der Waals surface area (Å²) >= 11 is 0. The zero-order chi connectivity index (χ0) is 18.4. The Kier molecular flexibility index (Phi) is 7.16. The molecule has 0 aromatic heterocycles. The van der Waals surface area contributed by atoms with Gasteiger partial charge in [-0.25, -0.2) is 22.5 Å². The van der Waals surface area contributed by atoms with Crippen molar-refractivity contribution in [2.45, 2.75) is 39.8 Å². The van der Waals surface area contributed by atoms with Gasteiger partial charge in [0.2, 0.25) is 10.0 Å². The van der Waals surface area contributed by atoms with Crippen LogP contribution in [-0.2, 0) is 16.6 Å². The largest absolute Gasteiger partial charge is 0.357 e. The maximum Gasteiger partial charge on any atom is 0.209 e. The van der Waals surface area contributed by atoms with Gasteiger partial charge in [0.05, 0.1) is 12.8 Å². The Morgan fingerprint density at radius 3 is 2.50 bits per heavy atom. The third-order valence-electron chi connectivity index (χ3n) is 3.16. The van der Waals surface area contributed by atoms with Crippen LogP contribution in [0.3, 0.4) is 0 Å². The van der Waals surface area contributed by atoms with E-state index < -0.39 is 15.6 Å². The first kappa shape index (κ1) is 20.4. The van der Waals surface area contributed by atoms with Crippen LogP contribution in [-0.4, -0.2) is 39.3 Å². The Morgan fingerprint density at radius 1 is 1.29 bits per heavy atom. The van der Waals surface area contributed by atoms with Gasteiger partial charge in [0.1, 0.15) is 5.82 Å². The normalized spacial score (nSPS) is 13.0. The Balaban J connectivity index is 2.73. The molecule has 0 saturated carbocycles. The topological polar surface area (TPSA) is 82.6 Å². The minimum Gasteiger partial charge on any atom is -0.357 e. The fourth-order valence-corrected chi connectivity index (χ4v) is 3.17. The fourth-order valence-electron chi connectivity index (χ4n) is 2.09. The first-order valence-electron chi connectivity index (χ1n) is 7.78.